The van der Waals surface area contributed by atoms with Crippen molar-refractivity contribution in [2.75, 3.05) is 18.7 Å². The second kappa shape index (κ2) is 8.14. The van der Waals surface area contributed by atoms with Gasteiger partial charge < -0.3 is 9.47 Å². The van der Waals surface area contributed by atoms with Gasteiger partial charge in [-0.05, 0) is 36.4 Å². The molecule has 0 aliphatic heterocycles. The molecule has 0 fully saturated rings. The molecule has 0 aliphatic rings. The van der Waals surface area contributed by atoms with E-state index in [-0.39, 0.29) is 24.9 Å². The fourth-order valence-electron chi connectivity index (χ4n) is 1.62. The molecule has 0 aliphatic carbocycles. The molecule has 0 bridgehead atoms. The summed E-state index contributed by atoms with van der Waals surface area (Å²) in [6.45, 7) is -0.119. The Hall–Kier alpha value is -2.24. The van der Waals surface area contributed by atoms with E-state index in [1.165, 1.54) is 0 Å². The topological polar surface area (TPSA) is 64.8 Å². The molecule has 0 spiro atoms. The number of para-hydroxylation sites is 1. The smallest absolute Gasteiger partial charge is 0.279 e. The van der Waals surface area contributed by atoms with Gasteiger partial charge >= 0.3 is 0 Å². The zero-order valence-electron chi connectivity index (χ0n) is 11.6. The third-order valence-corrected chi connectivity index (χ3v) is 2.72. The lowest BCUT2D eigenvalue weighted by Crippen LogP contribution is -2.40. The van der Waals surface area contributed by atoms with E-state index < -0.39 is 0 Å². The predicted molar refractivity (Wildman–Crippen MR) is 83.9 cm³/mol. The number of ether oxygens (including phenoxy) is 2. The van der Waals surface area contributed by atoms with E-state index in [0.29, 0.717) is 17.2 Å². The molecule has 5 nitrogen and oxygen atoms in total. The Labute approximate surface area is 129 Å². The highest BCUT2D eigenvalue weighted by atomic mass is 35.5. The summed E-state index contributed by atoms with van der Waals surface area (Å²) in [4.78, 5) is 11.9. The van der Waals surface area contributed by atoms with Crippen LogP contribution in [0.3, 0.4) is 0 Å². The van der Waals surface area contributed by atoms with Gasteiger partial charge in [-0.15, -0.1) is 12.4 Å². The van der Waals surface area contributed by atoms with E-state index >= 15 is 0 Å². The van der Waals surface area contributed by atoms with Crippen LogP contribution in [0, 0.1) is 0 Å². The number of hydrogen-bond donors (Lipinski definition) is 1. The van der Waals surface area contributed by atoms with E-state index in [9.17, 15) is 4.79 Å². The SMILES string of the molecule is COc1ccc(N(N)C(=O)COc2ccccc2)cc1.Cl. The lowest BCUT2D eigenvalue weighted by molar-refractivity contribution is -0.120. The first kappa shape index (κ1) is 16.8. The molecule has 21 heavy (non-hydrogen) atoms. The van der Waals surface area contributed by atoms with Crippen molar-refractivity contribution in [3.05, 3.63) is 54.6 Å². The van der Waals surface area contributed by atoms with Gasteiger partial charge in [0.05, 0.1) is 12.8 Å². The highest BCUT2D eigenvalue weighted by molar-refractivity contribution is 5.93. The van der Waals surface area contributed by atoms with Gasteiger partial charge in [-0.3, -0.25) is 4.79 Å². The summed E-state index contributed by atoms with van der Waals surface area (Å²) < 4.78 is 10.4. The lowest BCUT2D eigenvalue weighted by Gasteiger charge is -2.17. The fraction of sp³-hybridized carbons (Fsp3) is 0.133. The minimum atomic E-state index is -0.334. The van der Waals surface area contributed by atoms with Gasteiger partial charge in [0.1, 0.15) is 11.5 Å². The van der Waals surface area contributed by atoms with Crippen molar-refractivity contribution in [2.45, 2.75) is 0 Å². The van der Waals surface area contributed by atoms with Crippen LogP contribution < -0.4 is 20.3 Å². The lowest BCUT2D eigenvalue weighted by atomic mass is 10.3. The maximum absolute atomic E-state index is 11.9. The first-order valence-corrected chi connectivity index (χ1v) is 6.10. The summed E-state index contributed by atoms with van der Waals surface area (Å²) in [5.41, 5.74) is 0.576. The number of carbonyl (C=O) groups is 1. The van der Waals surface area contributed by atoms with Crippen LogP contribution in [0.4, 0.5) is 5.69 Å². The van der Waals surface area contributed by atoms with Gasteiger partial charge in [-0.25, -0.2) is 10.9 Å². The van der Waals surface area contributed by atoms with E-state index in [1.807, 2.05) is 18.2 Å². The van der Waals surface area contributed by atoms with Crippen LogP contribution in [-0.2, 0) is 4.79 Å². The first-order chi connectivity index (χ1) is 9.70. The number of benzene rings is 2. The van der Waals surface area contributed by atoms with Gasteiger partial charge in [0.25, 0.3) is 5.91 Å². The summed E-state index contributed by atoms with van der Waals surface area (Å²) >= 11 is 0. The summed E-state index contributed by atoms with van der Waals surface area (Å²) in [5, 5.41) is 1.06. The third kappa shape index (κ3) is 4.66. The van der Waals surface area contributed by atoms with Crippen molar-refractivity contribution in [1.82, 2.24) is 0 Å². The second-order valence-electron chi connectivity index (χ2n) is 4.06. The van der Waals surface area contributed by atoms with Crippen molar-refractivity contribution < 1.29 is 14.3 Å². The van der Waals surface area contributed by atoms with Crippen molar-refractivity contribution >= 4 is 24.0 Å². The zero-order chi connectivity index (χ0) is 14.4. The number of methoxy groups -OCH3 is 1. The van der Waals surface area contributed by atoms with Crippen molar-refractivity contribution in [3.8, 4) is 11.5 Å². The number of carbonyl (C=O) groups excluding carboxylic acids is 1. The van der Waals surface area contributed by atoms with E-state index in [0.717, 1.165) is 5.01 Å². The first-order valence-electron chi connectivity index (χ1n) is 6.10. The fourth-order valence-corrected chi connectivity index (χ4v) is 1.62. The number of hydrazine groups is 1. The van der Waals surface area contributed by atoms with E-state index in [4.69, 9.17) is 15.3 Å². The maximum Gasteiger partial charge on any atom is 0.279 e. The number of hydrogen-bond acceptors (Lipinski definition) is 4. The zero-order valence-corrected chi connectivity index (χ0v) is 12.4. The largest absolute Gasteiger partial charge is 0.497 e. The Balaban J connectivity index is 0.00000220. The normalized spacial score (nSPS) is 9.43. The van der Waals surface area contributed by atoms with Crippen LogP contribution in [0.25, 0.3) is 0 Å². The van der Waals surface area contributed by atoms with Gasteiger partial charge in [-0.1, -0.05) is 18.2 Å². The number of anilines is 1. The molecule has 1 amide bonds. The molecule has 2 aromatic rings. The van der Waals surface area contributed by atoms with Crippen molar-refractivity contribution in [2.24, 2.45) is 5.84 Å². The molecule has 2 N–H and O–H groups in total. The molecule has 112 valence electrons. The van der Waals surface area contributed by atoms with Crippen molar-refractivity contribution in [1.29, 1.82) is 0 Å². The number of nitrogens with zero attached hydrogens (tertiary/aromatic N) is 1. The summed E-state index contributed by atoms with van der Waals surface area (Å²) in [5.74, 6) is 6.76. The molecule has 0 radical (unpaired) electrons. The summed E-state index contributed by atoms with van der Waals surface area (Å²) in [7, 11) is 1.58. The van der Waals surface area contributed by atoms with Crippen LogP contribution in [-0.4, -0.2) is 19.6 Å². The Morgan fingerprint density at radius 2 is 1.67 bits per heavy atom. The monoisotopic (exact) mass is 308 g/mol. The van der Waals surface area contributed by atoms with E-state index in [2.05, 4.69) is 0 Å². The van der Waals surface area contributed by atoms with Gasteiger partial charge in [0.2, 0.25) is 0 Å². The van der Waals surface area contributed by atoms with Gasteiger partial charge in [0.15, 0.2) is 6.61 Å². The summed E-state index contributed by atoms with van der Waals surface area (Å²) in [6, 6.07) is 16.0. The van der Waals surface area contributed by atoms with Crippen LogP contribution in [0.2, 0.25) is 0 Å². The third-order valence-electron chi connectivity index (χ3n) is 2.72. The Morgan fingerprint density at radius 1 is 1.05 bits per heavy atom. The molecule has 0 atom stereocenters. The van der Waals surface area contributed by atoms with Crippen LogP contribution in [0.1, 0.15) is 0 Å². The maximum atomic E-state index is 11.9. The predicted octanol–water partition coefficient (Wildman–Crippen LogP) is 2.40. The van der Waals surface area contributed by atoms with Gasteiger partial charge in [-0.2, -0.15) is 0 Å². The molecule has 0 saturated heterocycles. The van der Waals surface area contributed by atoms with Gasteiger partial charge in [0, 0.05) is 0 Å². The highest BCUT2D eigenvalue weighted by Gasteiger charge is 2.12. The molecule has 2 aromatic carbocycles. The van der Waals surface area contributed by atoms with Crippen LogP contribution in [0.5, 0.6) is 11.5 Å². The molecule has 0 aromatic heterocycles. The number of halogens is 1. The minimum Gasteiger partial charge on any atom is -0.497 e. The number of amides is 1. The average molecular weight is 309 g/mol. The molecular formula is C15H17ClN2O3. The highest BCUT2D eigenvalue weighted by Crippen LogP contribution is 2.17. The van der Waals surface area contributed by atoms with Crippen molar-refractivity contribution in [3.63, 3.8) is 0 Å². The summed E-state index contributed by atoms with van der Waals surface area (Å²) in [6.07, 6.45) is 0. The molecule has 6 heteroatoms. The average Bonchev–Trinajstić information content (AvgIpc) is 2.53. The Morgan fingerprint density at radius 3 is 2.24 bits per heavy atom. The quantitative estimate of drug-likeness (QED) is 0.523. The molecule has 0 unspecified atom stereocenters. The Bertz CT molecular complexity index is 561. The van der Waals surface area contributed by atoms with Crippen LogP contribution >= 0.6 is 12.4 Å². The molecule has 0 heterocycles. The second-order valence-corrected chi connectivity index (χ2v) is 4.06. The Kier molecular flexibility index (Phi) is 6.52. The minimum absolute atomic E-state index is 0. The standard InChI is InChI=1S/C15H16N2O3.ClH/c1-19-13-9-7-12(8-10-13)17(16)15(18)11-20-14-5-3-2-4-6-14;/h2-10H,11,16H2,1H3;1H. The molecule has 0 saturated carbocycles. The van der Waals surface area contributed by atoms with Crippen LogP contribution in [0.15, 0.2) is 54.6 Å². The van der Waals surface area contributed by atoms with E-state index in [1.54, 1.807) is 43.5 Å². The molecular weight excluding hydrogens is 292 g/mol. The number of rotatable bonds is 5. The molecule has 2 rings (SSSR count). The number of nitrogens with two attached hydrogens (primary N) is 1.